The fourth-order valence-corrected chi connectivity index (χ4v) is 2.26. The number of hydrogen-bond acceptors (Lipinski definition) is 3. The number of fused-ring (bicyclic) bond motifs is 1. The van der Waals surface area contributed by atoms with Gasteiger partial charge in [0.2, 0.25) is 0 Å². The van der Waals surface area contributed by atoms with Gasteiger partial charge in [-0.15, -0.1) is 0 Å². The summed E-state index contributed by atoms with van der Waals surface area (Å²) < 4.78 is 0. The predicted octanol–water partition coefficient (Wildman–Crippen LogP) is 2.62. The van der Waals surface area contributed by atoms with Crippen molar-refractivity contribution in [2.24, 2.45) is 0 Å². The second-order valence-corrected chi connectivity index (χ2v) is 5.48. The molecular formula is C17H22N2O2. The van der Waals surface area contributed by atoms with Gasteiger partial charge in [-0.1, -0.05) is 24.3 Å². The maximum absolute atomic E-state index is 12.1. The average molecular weight is 286 g/mol. The van der Waals surface area contributed by atoms with E-state index in [2.05, 4.69) is 10.2 Å². The molecule has 4 heteroatoms. The molecule has 2 N–H and O–H groups in total. The maximum atomic E-state index is 12.1. The maximum Gasteiger partial charge on any atom is 0.255 e. The lowest BCUT2D eigenvalue weighted by Crippen LogP contribution is -2.25. The van der Waals surface area contributed by atoms with Crippen LogP contribution in [0.2, 0.25) is 0 Å². The number of benzene rings is 2. The molecule has 0 aliphatic heterocycles. The lowest BCUT2D eigenvalue weighted by Gasteiger charge is -2.10. The number of aromatic hydroxyl groups is 1. The van der Waals surface area contributed by atoms with Gasteiger partial charge in [0.05, 0.1) is 5.56 Å². The van der Waals surface area contributed by atoms with Crippen molar-refractivity contribution in [3.8, 4) is 5.75 Å². The molecule has 0 fully saturated rings. The van der Waals surface area contributed by atoms with E-state index in [1.807, 2.05) is 38.4 Å². The topological polar surface area (TPSA) is 52.6 Å². The first kappa shape index (κ1) is 15.3. The molecule has 0 atom stereocenters. The molecule has 0 bridgehead atoms. The summed E-state index contributed by atoms with van der Waals surface area (Å²) in [6, 6.07) is 11.0. The van der Waals surface area contributed by atoms with Crippen molar-refractivity contribution in [2.75, 3.05) is 27.2 Å². The van der Waals surface area contributed by atoms with Gasteiger partial charge in [0, 0.05) is 6.54 Å². The number of phenolic OH excluding ortho intramolecular Hbond substituents is 1. The molecule has 21 heavy (non-hydrogen) atoms. The minimum atomic E-state index is -0.219. The highest BCUT2D eigenvalue weighted by molar-refractivity contribution is 6.01. The van der Waals surface area contributed by atoms with Crippen molar-refractivity contribution in [1.82, 2.24) is 10.2 Å². The molecule has 1 amide bonds. The molecule has 0 unspecified atom stereocenters. The molecule has 2 rings (SSSR count). The zero-order chi connectivity index (χ0) is 15.2. The van der Waals surface area contributed by atoms with Crippen molar-refractivity contribution in [3.63, 3.8) is 0 Å². The quantitative estimate of drug-likeness (QED) is 0.803. The van der Waals surface area contributed by atoms with Crippen molar-refractivity contribution < 1.29 is 9.90 Å². The number of carbonyl (C=O) groups is 1. The van der Waals surface area contributed by atoms with Crippen LogP contribution in [0.1, 0.15) is 23.2 Å². The molecular weight excluding hydrogens is 264 g/mol. The fourth-order valence-electron chi connectivity index (χ4n) is 2.26. The van der Waals surface area contributed by atoms with Crippen LogP contribution in [0, 0.1) is 0 Å². The van der Waals surface area contributed by atoms with Gasteiger partial charge in [-0.25, -0.2) is 0 Å². The van der Waals surface area contributed by atoms with Crippen LogP contribution in [0.25, 0.3) is 10.8 Å². The van der Waals surface area contributed by atoms with Crippen LogP contribution in [-0.2, 0) is 0 Å². The monoisotopic (exact) mass is 286 g/mol. The number of nitrogens with one attached hydrogen (secondary N) is 1. The largest absolute Gasteiger partial charge is 0.507 e. The predicted molar refractivity (Wildman–Crippen MR) is 85.7 cm³/mol. The zero-order valence-corrected chi connectivity index (χ0v) is 12.6. The summed E-state index contributed by atoms with van der Waals surface area (Å²) in [7, 11) is 4.07. The first-order valence-electron chi connectivity index (χ1n) is 7.22. The average Bonchev–Trinajstić information content (AvgIpc) is 2.45. The minimum absolute atomic E-state index is 0.0273. The number of nitrogens with zero attached hydrogens (tertiary/aromatic N) is 1. The summed E-state index contributed by atoms with van der Waals surface area (Å²) >= 11 is 0. The molecule has 0 heterocycles. The number of carbonyl (C=O) groups excluding carboxylic acids is 1. The van der Waals surface area contributed by atoms with Gasteiger partial charge in [0.25, 0.3) is 5.91 Å². The van der Waals surface area contributed by atoms with Crippen LogP contribution in [0.15, 0.2) is 36.4 Å². The number of amides is 1. The molecule has 0 aliphatic rings. The van der Waals surface area contributed by atoms with Crippen LogP contribution < -0.4 is 5.32 Å². The Balaban J connectivity index is 1.97. The summed E-state index contributed by atoms with van der Waals surface area (Å²) in [5.41, 5.74) is 0.335. The summed E-state index contributed by atoms with van der Waals surface area (Å²) in [5, 5.41) is 14.7. The first-order chi connectivity index (χ1) is 10.1. The highest BCUT2D eigenvalue weighted by Gasteiger charge is 2.11. The van der Waals surface area contributed by atoms with Crippen LogP contribution >= 0.6 is 0 Å². The van der Waals surface area contributed by atoms with Gasteiger partial charge in [0.15, 0.2) is 0 Å². The van der Waals surface area contributed by atoms with E-state index in [1.165, 1.54) is 0 Å². The van der Waals surface area contributed by atoms with Crippen LogP contribution in [0.5, 0.6) is 5.75 Å². The van der Waals surface area contributed by atoms with Crippen molar-refractivity contribution >= 4 is 16.7 Å². The highest BCUT2D eigenvalue weighted by Crippen LogP contribution is 2.24. The molecule has 0 saturated heterocycles. The van der Waals surface area contributed by atoms with E-state index in [-0.39, 0.29) is 11.7 Å². The first-order valence-corrected chi connectivity index (χ1v) is 7.22. The van der Waals surface area contributed by atoms with E-state index in [1.54, 1.807) is 12.1 Å². The SMILES string of the molecule is CN(C)CCCCNC(=O)c1cc2ccccc2cc1O. The smallest absolute Gasteiger partial charge is 0.255 e. The molecule has 112 valence electrons. The van der Waals surface area contributed by atoms with Crippen LogP contribution in [-0.4, -0.2) is 43.1 Å². The molecule has 2 aromatic carbocycles. The second kappa shape index (κ2) is 7.09. The molecule has 0 spiro atoms. The molecule has 4 nitrogen and oxygen atoms in total. The number of hydrogen-bond donors (Lipinski definition) is 2. The van der Waals surface area contributed by atoms with Gasteiger partial charge in [-0.05, 0) is 56.4 Å². The second-order valence-electron chi connectivity index (χ2n) is 5.48. The van der Waals surface area contributed by atoms with Crippen molar-refractivity contribution in [3.05, 3.63) is 42.0 Å². The molecule has 0 aromatic heterocycles. The van der Waals surface area contributed by atoms with Crippen LogP contribution in [0.3, 0.4) is 0 Å². The van der Waals surface area contributed by atoms with Crippen molar-refractivity contribution in [2.45, 2.75) is 12.8 Å². The number of phenols is 1. The Bertz CT molecular complexity index is 623. The molecule has 2 aromatic rings. The standard InChI is InChI=1S/C17H22N2O2/c1-19(2)10-6-5-9-18-17(21)15-11-13-7-3-4-8-14(13)12-16(15)20/h3-4,7-8,11-12,20H,5-6,9-10H2,1-2H3,(H,18,21). The third-order valence-corrected chi connectivity index (χ3v) is 3.43. The van der Waals surface area contributed by atoms with E-state index >= 15 is 0 Å². The van der Waals surface area contributed by atoms with Gasteiger partial charge in [-0.3, -0.25) is 4.79 Å². The van der Waals surface area contributed by atoms with E-state index in [4.69, 9.17) is 0 Å². The third kappa shape index (κ3) is 4.20. The van der Waals surface area contributed by atoms with E-state index < -0.39 is 0 Å². The fraction of sp³-hybridized carbons (Fsp3) is 0.353. The third-order valence-electron chi connectivity index (χ3n) is 3.43. The molecule has 0 aliphatic carbocycles. The Hall–Kier alpha value is -2.07. The zero-order valence-electron chi connectivity index (χ0n) is 12.6. The Morgan fingerprint density at radius 3 is 2.48 bits per heavy atom. The van der Waals surface area contributed by atoms with Gasteiger partial charge in [0.1, 0.15) is 5.75 Å². The minimum Gasteiger partial charge on any atom is -0.507 e. The number of unbranched alkanes of at least 4 members (excludes halogenated alkanes) is 1. The Labute approximate surface area is 125 Å². The Morgan fingerprint density at radius 1 is 1.14 bits per heavy atom. The Kier molecular flexibility index (Phi) is 5.17. The summed E-state index contributed by atoms with van der Waals surface area (Å²) in [6.45, 7) is 1.63. The normalized spacial score (nSPS) is 11.0. The molecule has 0 saturated carbocycles. The lowest BCUT2D eigenvalue weighted by molar-refractivity contribution is 0.0950. The van der Waals surface area contributed by atoms with Gasteiger partial charge in [-0.2, -0.15) is 0 Å². The van der Waals surface area contributed by atoms with E-state index in [0.29, 0.717) is 12.1 Å². The Morgan fingerprint density at radius 2 is 1.81 bits per heavy atom. The van der Waals surface area contributed by atoms with Crippen molar-refractivity contribution in [1.29, 1.82) is 0 Å². The lowest BCUT2D eigenvalue weighted by atomic mass is 10.1. The summed E-state index contributed by atoms with van der Waals surface area (Å²) in [6.07, 6.45) is 1.97. The molecule has 0 radical (unpaired) electrons. The van der Waals surface area contributed by atoms with E-state index in [0.717, 1.165) is 30.2 Å². The van der Waals surface area contributed by atoms with Crippen LogP contribution in [0.4, 0.5) is 0 Å². The summed E-state index contributed by atoms with van der Waals surface area (Å²) in [5.74, 6) is -0.192. The van der Waals surface area contributed by atoms with Gasteiger partial charge < -0.3 is 15.3 Å². The summed E-state index contributed by atoms with van der Waals surface area (Å²) in [4.78, 5) is 14.2. The number of rotatable bonds is 6. The van der Waals surface area contributed by atoms with Gasteiger partial charge >= 0.3 is 0 Å². The van der Waals surface area contributed by atoms with E-state index in [9.17, 15) is 9.90 Å². The highest BCUT2D eigenvalue weighted by atomic mass is 16.3.